The van der Waals surface area contributed by atoms with Crippen molar-refractivity contribution in [3.63, 3.8) is 0 Å². The molecule has 0 N–H and O–H groups in total. The lowest BCUT2D eigenvalue weighted by molar-refractivity contribution is -0.390. The molecule has 1 atom stereocenters. The van der Waals surface area contributed by atoms with Crippen molar-refractivity contribution in [3.05, 3.63) is 62.1 Å². The number of halogens is 1. The molecule has 3 heterocycles. The minimum absolute atomic E-state index is 0.0503. The number of hydrogen-bond donors (Lipinski definition) is 0. The van der Waals surface area contributed by atoms with E-state index in [1.54, 1.807) is 13.0 Å². The Labute approximate surface area is 202 Å². The number of hydrogen-bond acceptors (Lipinski definition) is 8. The Bertz CT molecular complexity index is 1150. The van der Waals surface area contributed by atoms with E-state index in [1.165, 1.54) is 22.3 Å². The van der Waals surface area contributed by atoms with Crippen molar-refractivity contribution in [2.75, 3.05) is 24.7 Å². The smallest absolute Gasteiger partial charge is 0.406 e. The Morgan fingerprint density at radius 2 is 2.09 bits per heavy atom. The quantitative estimate of drug-likeness (QED) is 0.303. The number of ether oxygens (including phenoxy) is 2. The molecule has 3 aromatic rings. The first-order valence-corrected chi connectivity index (χ1v) is 12.0. The number of carbonyl (C=O) groups is 1. The number of nitro groups is 1. The fraction of sp³-hybridized carbons (Fsp3) is 0.318. The van der Waals surface area contributed by atoms with Gasteiger partial charge in [-0.1, -0.05) is 28.1 Å². The zero-order valence-electron chi connectivity index (χ0n) is 17.8. The first-order valence-electron chi connectivity index (χ1n) is 10.3. The van der Waals surface area contributed by atoms with Crippen molar-refractivity contribution in [1.82, 2.24) is 9.97 Å². The lowest BCUT2D eigenvalue weighted by Crippen LogP contribution is -2.40. The number of thiazole rings is 1. The Kier molecular flexibility index (Phi) is 7.31. The second-order valence-electron chi connectivity index (χ2n) is 7.48. The average molecular weight is 533 g/mol. The minimum atomic E-state index is -0.623. The predicted molar refractivity (Wildman–Crippen MR) is 128 cm³/mol. The van der Waals surface area contributed by atoms with E-state index >= 15 is 0 Å². The van der Waals surface area contributed by atoms with Crippen LogP contribution in [0.5, 0.6) is 5.75 Å². The van der Waals surface area contributed by atoms with Crippen LogP contribution < -0.4 is 9.64 Å². The highest BCUT2D eigenvalue weighted by atomic mass is 79.9. The van der Waals surface area contributed by atoms with E-state index in [1.807, 2.05) is 29.6 Å². The number of rotatable bonds is 8. The van der Waals surface area contributed by atoms with Crippen LogP contribution in [-0.2, 0) is 9.53 Å². The van der Waals surface area contributed by atoms with Gasteiger partial charge in [0.15, 0.2) is 11.7 Å². The molecule has 9 nitrogen and oxygen atoms in total. The molecule has 0 aliphatic carbocycles. The topological polar surface area (TPSA) is 108 Å². The number of aryl methyl sites for hydroxylation is 1. The van der Waals surface area contributed by atoms with Crippen LogP contribution in [0.2, 0.25) is 0 Å². The summed E-state index contributed by atoms with van der Waals surface area (Å²) in [5.41, 5.74) is 2.18. The van der Waals surface area contributed by atoms with Gasteiger partial charge in [-0.25, -0.2) is 4.98 Å². The molecule has 1 amide bonds. The maximum atomic E-state index is 13.2. The van der Waals surface area contributed by atoms with Gasteiger partial charge in [0.25, 0.3) is 5.91 Å². The summed E-state index contributed by atoms with van der Waals surface area (Å²) in [6.07, 6.45) is 1.69. The van der Waals surface area contributed by atoms with E-state index in [4.69, 9.17) is 9.47 Å². The summed E-state index contributed by atoms with van der Waals surface area (Å²) in [5, 5.41) is 13.7. The van der Waals surface area contributed by atoms with Crippen molar-refractivity contribution in [2.24, 2.45) is 0 Å². The van der Waals surface area contributed by atoms with Crippen LogP contribution in [0.3, 0.4) is 0 Å². The SMILES string of the molecule is Cc1ccc(OCC(=O)N(C[C@@H]2CCCO2)c2nc(-c3ccc(Br)cc3)cs2)c([N+](=O)[O-])n1. The molecule has 0 radical (unpaired) electrons. The van der Waals surface area contributed by atoms with E-state index < -0.39 is 10.7 Å². The summed E-state index contributed by atoms with van der Waals surface area (Å²) in [6.45, 7) is 2.26. The second kappa shape index (κ2) is 10.4. The lowest BCUT2D eigenvalue weighted by atomic mass is 10.2. The monoisotopic (exact) mass is 532 g/mol. The van der Waals surface area contributed by atoms with E-state index in [9.17, 15) is 14.9 Å². The van der Waals surface area contributed by atoms with Gasteiger partial charge in [0.2, 0.25) is 5.75 Å². The van der Waals surface area contributed by atoms with E-state index in [0.29, 0.717) is 24.0 Å². The van der Waals surface area contributed by atoms with Crippen LogP contribution in [0.1, 0.15) is 18.5 Å². The van der Waals surface area contributed by atoms with Gasteiger partial charge in [0.05, 0.1) is 18.3 Å². The Balaban J connectivity index is 1.54. The van der Waals surface area contributed by atoms with Gasteiger partial charge in [-0.2, -0.15) is 0 Å². The van der Waals surface area contributed by atoms with Gasteiger partial charge in [0.1, 0.15) is 5.69 Å². The summed E-state index contributed by atoms with van der Waals surface area (Å²) >= 11 is 4.77. The largest absolute Gasteiger partial charge is 0.476 e. The second-order valence-corrected chi connectivity index (χ2v) is 9.23. The first kappa shape index (κ1) is 23.3. The summed E-state index contributed by atoms with van der Waals surface area (Å²) in [6, 6.07) is 10.8. The summed E-state index contributed by atoms with van der Waals surface area (Å²) in [4.78, 5) is 33.9. The zero-order chi connectivity index (χ0) is 23.4. The van der Waals surface area contributed by atoms with Crippen molar-refractivity contribution < 1.29 is 19.2 Å². The van der Waals surface area contributed by atoms with Crippen LogP contribution in [0.4, 0.5) is 10.9 Å². The number of benzene rings is 1. The van der Waals surface area contributed by atoms with Crippen LogP contribution >= 0.6 is 27.3 Å². The van der Waals surface area contributed by atoms with Crippen molar-refractivity contribution in [1.29, 1.82) is 0 Å². The van der Waals surface area contributed by atoms with E-state index in [2.05, 4.69) is 25.9 Å². The maximum Gasteiger partial charge on any atom is 0.406 e. The highest BCUT2D eigenvalue weighted by Gasteiger charge is 2.27. The highest BCUT2D eigenvalue weighted by molar-refractivity contribution is 9.10. The Hall–Kier alpha value is -2.89. The molecule has 172 valence electrons. The Morgan fingerprint density at radius 1 is 1.30 bits per heavy atom. The van der Waals surface area contributed by atoms with Crippen LogP contribution in [-0.4, -0.2) is 46.7 Å². The Morgan fingerprint density at radius 3 is 2.79 bits per heavy atom. The average Bonchev–Trinajstić information content (AvgIpc) is 3.49. The summed E-state index contributed by atoms with van der Waals surface area (Å²) < 4.78 is 12.2. The standard InChI is InChI=1S/C22H21BrN4O5S/c1-14-4-9-19(21(24-14)27(29)30)32-12-20(28)26(11-17-3-2-10-31-17)22-25-18(13-33-22)15-5-7-16(23)8-6-15/h4-9,13,17H,2-3,10-12H2,1H3/t17-/m0/s1. The predicted octanol–water partition coefficient (Wildman–Crippen LogP) is 4.78. The van der Waals surface area contributed by atoms with Gasteiger partial charge in [0, 0.05) is 28.9 Å². The number of carbonyl (C=O) groups excluding carboxylic acids is 1. The number of amides is 1. The molecular weight excluding hydrogens is 512 g/mol. The molecule has 33 heavy (non-hydrogen) atoms. The molecule has 11 heteroatoms. The molecule has 0 unspecified atom stereocenters. The molecule has 0 saturated carbocycles. The molecule has 2 aromatic heterocycles. The molecular formula is C22H21BrN4O5S. The fourth-order valence-electron chi connectivity index (χ4n) is 3.41. The van der Waals surface area contributed by atoms with E-state index in [0.717, 1.165) is 28.6 Å². The fourth-order valence-corrected chi connectivity index (χ4v) is 4.54. The van der Waals surface area contributed by atoms with Gasteiger partial charge < -0.3 is 19.6 Å². The van der Waals surface area contributed by atoms with Crippen LogP contribution in [0.15, 0.2) is 46.3 Å². The first-order chi connectivity index (χ1) is 15.9. The molecule has 4 rings (SSSR count). The third-order valence-electron chi connectivity index (χ3n) is 5.08. The van der Waals surface area contributed by atoms with Crippen molar-refractivity contribution >= 4 is 44.1 Å². The van der Waals surface area contributed by atoms with E-state index in [-0.39, 0.29) is 24.4 Å². The van der Waals surface area contributed by atoms with Gasteiger partial charge in [-0.15, -0.1) is 11.3 Å². The minimum Gasteiger partial charge on any atom is -0.476 e. The highest BCUT2D eigenvalue weighted by Crippen LogP contribution is 2.30. The number of nitrogens with zero attached hydrogens (tertiary/aromatic N) is 4. The van der Waals surface area contributed by atoms with Gasteiger partial charge in [-0.05, 0) is 47.0 Å². The molecule has 1 saturated heterocycles. The normalized spacial score (nSPS) is 15.4. The van der Waals surface area contributed by atoms with Crippen LogP contribution in [0.25, 0.3) is 11.3 Å². The van der Waals surface area contributed by atoms with Crippen molar-refractivity contribution in [3.8, 4) is 17.0 Å². The molecule has 1 fully saturated rings. The number of pyridine rings is 1. The molecule has 0 spiro atoms. The molecule has 0 bridgehead atoms. The lowest BCUT2D eigenvalue weighted by Gasteiger charge is -2.23. The third-order valence-corrected chi connectivity index (χ3v) is 6.47. The maximum absolute atomic E-state index is 13.2. The summed E-state index contributed by atoms with van der Waals surface area (Å²) in [5.74, 6) is -0.831. The third kappa shape index (κ3) is 5.73. The summed E-state index contributed by atoms with van der Waals surface area (Å²) in [7, 11) is 0. The van der Waals surface area contributed by atoms with Crippen LogP contribution in [0, 0.1) is 17.0 Å². The molecule has 1 aliphatic heterocycles. The zero-order valence-corrected chi connectivity index (χ0v) is 20.2. The van der Waals surface area contributed by atoms with Crippen molar-refractivity contribution in [2.45, 2.75) is 25.9 Å². The number of aromatic nitrogens is 2. The van der Waals surface area contributed by atoms with Gasteiger partial charge in [-0.3, -0.25) is 9.69 Å². The molecule has 1 aromatic carbocycles. The number of anilines is 1. The molecule has 1 aliphatic rings. The van der Waals surface area contributed by atoms with Gasteiger partial charge >= 0.3 is 5.82 Å².